The van der Waals surface area contributed by atoms with Gasteiger partial charge in [-0.3, -0.25) is 0 Å². The van der Waals surface area contributed by atoms with Crippen LogP contribution in [0.25, 0.3) is 0 Å². The Labute approximate surface area is 288 Å². The Bertz CT molecular complexity index is 1600. The Morgan fingerprint density at radius 3 is 1.88 bits per heavy atom. The molecule has 1 N–H and O–H groups in total. The van der Waals surface area contributed by atoms with Crippen LogP contribution in [0.15, 0.2) is 89.9 Å². The number of carbonyl (C=O) groups is 2. The van der Waals surface area contributed by atoms with Crippen LogP contribution in [0.5, 0.6) is 0 Å². The molecule has 2 aliphatic rings. The van der Waals surface area contributed by atoms with Gasteiger partial charge in [0.05, 0.1) is 13.2 Å². The Morgan fingerprint density at radius 2 is 1.39 bits per heavy atom. The second-order valence-electron chi connectivity index (χ2n) is 14.6. The highest BCUT2D eigenvalue weighted by molar-refractivity contribution is 5.88. The number of fused-ring (bicyclic) bond motifs is 2. The van der Waals surface area contributed by atoms with Gasteiger partial charge in [-0.1, -0.05) is 66.7 Å². The van der Waals surface area contributed by atoms with E-state index in [2.05, 4.69) is 6.58 Å². The van der Waals surface area contributed by atoms with Gasteiger partial charge in [-0.25, -0.2) is 9.59 Å². The van der Waals surface area contributed by atoms with Crippen molar-refractivity contribution in [3.05, 3.63) is 108 Å². The van der Waals surface area contributed by atoms with Crippen molar-refractivity contribution in [2.24, 2.45) is 0 Å². The normalized spacial score (nSPS) is 28.2. The first-order valence-electron chi connectivity index (χ1n) is 16.6. The van der Waals surface area contributed by atoms with Crippen LogP contribution in [-0.4, -0.2) is 57.9 Å². The number of esters is 2. The van der Waals surface area contributed by atoms with Crippen molar-refractivity contribution in [3.8, 4) is 0 Å². The van der Waals surface area contributed by atoms with Crippen LogP contribution in [-0.2, 0) is 56.8 Å². The molecule has 2 aliphatic heterocycles. The second kappa shape index (κ2) is 13.8. The fraction of sp³-hybridized carbons (Fsp3) is 0.487. The molecule has 0 spiro atoms. The molecule has 2 saturated heterocycles. The van der Waals surface area contributed by atoms with Crippen LogP contribution in [0.4, 0.5) is 0 Å². The SMILES string of the molecule is C=CCC[C@]12O[C@H](C(=O)OC(C)(C)C)[C@@](O)(c3ccc(C)o3)[C@](C(=O)OC(C)(C)C)(O1)[C@H](OCc1ccccc1)[C@H]2OCc1ccccc1. The predicted molar refractivity (Wildman–Crippen MR) is 180 cm³/mol. The maximum absolute atomic E-state index is 15.0. The van der Waals surface area contributed by atoms with Crippen LogP contribution in [0, 0.1) is 6.92 Å². The van der Waals surface area contributed by atoms with Crippen LogP contribution in [0.1, 0.15) is 77.0 Å². The summed E-state index contributed by atoms with van der Waals surface area (Å²) in [4.78, 5) is 29.3. The molecule has 10 heteroatoms. The third kappa shape index (κ3) is 7.25. The number of allylic oxidation sites excluding steroid dienone is 1. The number of furan rings is 1. The highest BCUT2D eigenvalue weighted by atomic mass is 16.8. The first kappa shape index (κ1) is 36.5. The van der Waals surface area contributed by atoms with E-state index in [1.165, 1.54) is 6.07 Å². The lowest BCUT2D eigenvalue weighted by Gasteiger charge is -2.51. The number of aryl methyl sites for hydroxylation is 1. The summed E-state index contributed by atoms with van der Waals surface area (Å²) in [5.74, 6) is -3.50. The molecule has 10 nitrogen and oxygen atoms in total. The molecule has 0 saturated carbocycles. The molecule has 3 aromatic rings. The Hall–Kier alpha value is -3.80. The lowest BCUT2D eigenvalue weighted by atomic mass is 9.72. The van der Waals surface area contributed by atoms with E-state index in [1.54, 1.807) is 60.6 Å². The molecule has 264 valence electrons. The van der Waals surface area contributed by atoms with Gasteiger partial charge >= 0.3 is 11.9 Å². The van der Waals surface area contributed by atoms with Gasteiger partial charge < -0.3 is 37.9 Å². The molecule has 0 radical (unpaired) electrons. The highest BCUT2D eigenvalue weighted by Gasteiger charge is 2.84. The zero-order chi connectivity index (χ0) is 35.7. The van der Waals surface area contributed by atoms with Crippen LogP contribution in [0.2, 0.25) is 0 Å². The third-order valence-corrected chi connectivity index (χ3v) is 8.39. The molecule has 2 bridgehead atoms. The average Bonchev–Trinajstić information content (AvgIpc) is 3.58. The largest absolute Gasteiger partial charge is 0.463 e. The van der Waals surface area contributed by atoms with Crippen LogP contribution >= 0.6 is 0 Å². The topological polar surface area (TPSA) is 123 Å². The minimum atomic E-state index is -2.67. The first-order chi connectivity index (χ1) is 23.0. The second-order valence-corrected chi connectivity index (χ2v) is 14.6. The first-order valence-corrected chi connectivity index (χ1v) is 16.6. The van der Waals surface area contributed by atoms with Crippen molar-refractivity contribution in [1.29, 1.82) is 0 Å². The van der Waals surface area contributed by atoms with Gasteiger partial charge in [0.1, 0.15) is 34.9 Å². The van der Waals surface area contributed by atoms with Crippen molar-refractivity contribution >= 4 is 11.9 Å². The molecule has 0 amide bonds. The maximum Gasteiger partial charge on any atom is 0.345 e. The van der Waals surface area contributed by atoms with Crippen molar-refractivity contribution < 1.29 is 47.5 Å². The van der Waals surface area contributed by atoms with Crippen LogP contribution < -0.4 is 0 Å². The molecule has 0 unspecified atom stereocenters. The highest BCUT2D eigenvalue weighted by Crippen LogP contribution is 2.60. The zero-order valence-electron chi connectivity index (χ0n) is 29.4. The molecular weight excluding hydrogens is 628 g/mol. The monoisotopic (exact) mass is 676 g/mol. The van der Waals surface area contributed by atoms with Gasteiger partial charge in [-0.05, 0) is 78.1 Å². The molecule has 2 aromatic carbocycles. The quantitative estimate of drug-likeness (QED) is 0.169. The number of hydrogen-bond donors (Lipinski definition) is 1. The molecule has 49 heavy (non-hydrogen) atoms. The minimum Gasteiger partial charge on any atom is -0.463 e. The lowest BCUT2D eigenvalue weighted by Crippen LogP contribution is -2.74. The van der Waals surface area contributed by atoms with Gasteiger partial charge in [-0.2, -0.15) is 0 Å². The van der Waals surface area contributed by atoms with Gasteiger partial charge in [-0.15, -0.1) is 6.58 Å². The zero-order valence-corrected chi connectivity index (χ0v) is 29.4. The number of ether oxygens (including phenoxy) is 6. The summed E-state index contributed by atoms with van der Waals surface area (Å²) in [6, 6.07) is 21.9. The number of carbonyl (C=O) groups excluding carboxylic acids is 2. The molecule has 0 aliphatic carbocycles. The maximum atomic E-state index is 15.0. The Morgan fingerprint density at radius 1 is 0.837 bits per heavy atom. The van der Waals surface area contributed by atoms with Crippen molar-refractivity contribution in [2.45, 2.75) is 121 Å². The van der Waals surface area contributed by atoms with Crippen molar-refractivity contribution in [3.63, 3.8) is 0 Å². The number of hydrogen-bond acceptors (Lipinski definition) is 10. The van der Waals surface area contributed by atoms with E-state index in [-0.39, 0.29) is 25.4 Å². The van der Waals surface area contributed by atoms with E-state index in [0.29, 0.717) is 12.2 Å². The van der Waals surface area contributed by atoms with E-state index < -0.39 is 58.4 Å². The molecule has 1 aromatic heterocycles. The average molecular weight is 677 g/mol. The molecule has 5 rings (SSSR count). The minimum absolute atomic E-state index is 0.00742. The van der Waals surface area contributed by atoms with E-state index in [4.69, 9.17) is 32.8 Å². The van der Waals surface area contributed by atoms with Gasteiger partial charge in [0, 0.05) is 6.42 Å². The predicted octanol–water partition coefficient (Wildman–Crippen LogP) is 6.46. The molecule has 2 fully saturated rings. The van der Waals surface area contributed by atoms with E-state index in [9.17, 15) is 14.7 Å². The van der Waals surface area contributed by atoms with Crippen LogP contribution in [0.3, 0.4) is 0 Å². The summed E-state index contributed by atoms with van der Waals surface area (Å²) < 4.78 is 44.9. The molecular formula is C39H48O10. The van der Waals surface area contributed by atoms with E-state index >= 15 is 0 Å². The summed E-state index contributed by atoms with van der Waals surface area (Å²) in [6.45, 7) is 15.8. The fourth-order valence-corrected chi connectivity index (χ4v) is 6.39. The number of benzene rings is 2. The smallest absolute Gasteiger partial charge is 0.345 e. The summed E-state index contributed by atoms with van der Waals surface area (Å²) in [7, 11) is 0. The summed E-state index contributed by atoms with van der Waals surface area (Å²) in [5, 5.41) is 13.3. The van der Waals surface area contributed by atoms with Crippen molar-refractivity contribution in [2.75, 3.05) is 0 Å². The standard InChI is InChI=1S/C39H48O10/c1-9-10-23-37-30(43-24-27-17-13-11-14-18-27)31(44-25-28-19-15-12-16-20-28)39(49-37,34(41)48-36(6,7)8)38(42,29-22-21-26(2)45-29)32(46-37)33(40)47-35(3,4)5/h9,11-22,30-32,42H,1,10,23-25H2,2-8H3/t30-,31-,32-,37+,38+,39+/m1/s1. The fourth-order valence-electron chi connectivity index (χ4n) is 6.39. The molecule has 6 atom stereocenters. The van der Waals surface area contributed by atoms with Gasteiger partial charge in [0.15, 0.2) is 6.10 Å². The summed E-state index contributed by atoms with van der Waals surface area (Å²) in [6.07, 6.45) is -2.35. The van der Waals surface area contributed by atoms with Crippen molar-refractivity contribution in [1.82, 2.24) is 0 Å². The van der Waals surface area contributed by atoms with Gasteiger partial charge in [0.25, 0.3) is 0 Å². The van der Waals surface area contributed by atoms with E-state index in [1.807, 2.05) is 60.7 Å². The number of rotatable bonds is 12. The Kier molecular flexibility index (Phi) is 10.3. The van der Waals surface area contributed by atoms with E-state index in [0.717, 1.165) is 11.1 Å². The molecule has 3 heterocycles. The summed E-state index contributed by atoms with van der Waals surface area (Å²) in [5.41, 5.74) is -5.57. The summed E-state index contributed by atoms with van der Waals surface area (Å²) >= 11 is 0. The lowest BCUT2D eigenvalue weighted by molar-refractivity contribution is -0.392. The Balaban J connectivity index is 1.79. The third-order valence-electron chi connectivity index (χ3n) is 8.39. The number of aliphatic hydroxyl groups is 1. The van der Waals surface area contributed by atoms with Gasteiger partial charge in [0.2, 0.25) is 17.0 Å².